The van der Waals surface area contributed by atoms with Crippen molar-refractivity contribution in [2.75, 3.05) is 6.26 Å². The van der Waals surface area contributed by atoms with Crippen LogP contribution in [0.3, 0.4) is 0 Å². The van der Waals surface area contributed by atoms with Gasteiger partial charge in [-0.15, -0.1) is 0 Å². The molecule has 0 radical (unpaired) electrons. The summed E-state index contributed by atoms with van der Waals surface area (Å²) in [5.74, 6) is -0.355. The molecule has 0 aliphatic carbocycles. The second-order valence-electron chi connectivity index (χ2n) is 4.99. The zero-order chi connectivity index (χ0) is 13.4. The molecule has 0 atom stereocenters. The van der Waals surface area contributed by atoms with Gasteiger partial charge in [0.05, 0.1) is 0 Å². The molecule has 1 rings (SSSR count). The lowest BCUT2D eigenvalue weighted by molar-refractivity contribution is 0.0954. The lowest BCUT2D eigenvalue weighted by Gasteiger charge is -2.21. The number of hydrogen-bond acceptors (Lipinski definition) is 3. The van der Waals surface area contributed by atoms with Crippen molar-refractivity contribution in [3.05, 3.63) is 34.9 Å². The molecule has 3 nitrogen and oxygen atoms in total. The lowest BCUT2D eigenvalue weighted by Crippen LogP contribution is -2.40. The topological polar surface area (TPSA) is 51.2 Å². The minimum atomic E-state index is -3.42. The van der Waals surface area contributed by atoms with Gasteiger partial charge in [-0.1, -0.05) is 17.2 Å². The number of sulfone groups is 1. The van der Waals surface area contributed by atoms with Gasteiger partial charge < -0.3 is 0 Å². The summed E-state index contributed by atoms with van der Waals surface area (Å²) in [7, 11) is -3.42. The van der Waals surface area contributed by atoms with Crippen LogP contribution in [0.25, 0.3) is 0 Å². The molecule has 1 aromatic carbocycles. The van der Waals surface area contributed by atoms with Crippen molar-refractivity contribution >= 4 is 15.6 Å². The Morgan fingerprint density at radius 1 is 1.06 bits per heavy atom. The second kappa shape index (κ2) is 4.26. The van der Waals surface area contributed by atoms with Crippen LogP contribution in [0.2, 0.25) is 0 Å². The SMILES string of the molecule is Cc1cc(C)cc(C(=O)C(C)(C)S(C)(=O)=O)c1. The molecule has 0 aliphatic rings. The summed E-state index contributed by atoms with van der Waals surface area (Å²) < 4.78 is 21.9. The van der Waals surface area contributed by atoms with Crippen LogP contribution in [0.1, 0.15) is 35.3 Å². The fourth-order valence-electron chi connectivity index (χ4n) is 1.62. The molecular weight excluding hydrogens is 236 g/mol. The average molecular weight is 254 g/mol. The maximum Gasteiger partial charge on any atom is 0.183 e. The number of rotatable bonds is 3. The van der Waals surface area contributed by atoms with Crippen LogP contribution in [0.5, 0.6) is 0 Å². The van der Waals surface area contributed by atoms with Crippen LogP contribution < -0.4 is 0 Å². The summed E-state index contributed by atoms with van der Waals surface area (Å²) in [6, 6.07) is 5.40. The highest BCUT2D eigenvalue weighted by molar-refractivity contribution is 7.92. The van der Waals surface area contributed by atoms with Gasteiger partial charge in [-0.25, -0.2) is 8.42 Å². The first-order valence-electron chi connectivity index (χ1n) is 5.38. The van der Waals surface area contributed by atoms with Crippen LogP contribution >= 0.6 is 0 Å². The molecule has 0 N–H and O–H groups in total. The van der Waals surface area contributed by atoms with Crippen molar-refractivity contribution < 1.29 is 13.2 Å². The van der Waals surface area contributed by atoms with Gasteiger partial charge >= 0.3 is 0 Å². The van der Waals surface area contributed by atoms with Gasteiger partial charge in [0.2, 0.25) is 0 Å². The smallest absolute Gasteiger partial charge is 0.183 e. The van der Waals surface area contributed by atoms with Crippen molar-refractivity contribution in [1.82, 2.24) is 0 Å². The third kappa shape index (κ3) is 2.75. The Morgan fingerprint density at radius 2 is 1.47 bits per heavy atom. The summed E-state index contributed by atoms with van der Waals surface area (Å²) >= 11 is 0. The van der Waals surface area contributed by atoms with Crippen LogP contribution in [-0.2, 0) is 9.84 Å². The molecule has 0 bridgehead atoms. The fraction of sp³-hybridized carbons (Fsp3) is 0.462. The predicted octanol–water partition coefficient (Wildman–Crippen LogP) is 2.31. The van der Waals surface area contributed by atoms with E-state index >= 15 is 0 Å². The zero-order valence-corrected chi connectivity index (χ0v) is 11.7. The largest absolute Gasteiger partial charge is 0.292 e. The molecule has 0 spiro atoms. The molecule has 0 unspecified atom stereocenters. The van der Waals surface area contributed by atoms with Crippen LogP contribution in [0, 0.1) is 13.8 Å². The highest BCUT2D eigenvalue weighted by Crippen LogP contribution is 2.22. The number of benzene rings is 1. The summed E-state index contributed by atoms with van der Waals surface area (Å²) in [4.78, 5) is 12.2. The second-order valence-corrected chi connectivity index (χ2v) is 7.55. The van der Waals surface area contributed by atoms with Gasteiger partial charge in [0.1, 0.15) is 4.75 Å². The molecule has 0 aliphatic heterocycles. The molecule has 0 saturated heterocycles. The van der Waals surface area contributed by atoms with E-state index in [1.165, 1.54) is 13.8 Å². The maximum atomic E-state index is 12.2. The summed E-state index contributed by atoms with van der Waals surface area (Å²) in [5.41, 5.74) is 2.37. The number of Topliss-reactive ketones (excluding diaryl/α,β-unsaturated/α-hetero) is 1. The van der Waals surface area contributed by atoms with E-state index in [1.807, 2.05) is 19.9 Å². The third-order valence-corrected chi connectivity index (χ3v) is 5.00. The molecule has 17 heavy (non-hydrogen) atoms. The van der Waals surface area contributed by atoms with E-state index in [0.29, 0.717) is 5.56 Å². The molecule has 0 fully saturated rings. The summed E-state index contributed by atoms with van der Waals surface area (Å²) in [5, 5.41) is 0. The maximum absolute atomic E-state index is 12.2. The van der Waals surface area contributed by atoms with Gasteiger partial charge in [-0.3, -0.25) is 4.79 Å². The van der Waals surface area contributed by atoms with Crippen molar-refractivity contribution in [3.63, 3.8) is 0 Å². The Morgan fingerprint density at radius 3 is 1.82 bits per heavy atom. The van der Waals surface area contributed by atoms with E-state index < -0.39 is 14.6 Å². The standard InChI is InChI=1S/C13H18O3S/c1-9-6-10(2)8-11(7-9)12(14)13(3,4)17(5,15)16/h6-8H,1-5H3. The third-order valence-electron chi connectivity index (χ3n) is 2.96. The molecule has 4 heteroatoms. The monoisotopic (exact) mass is 254 g/mol. The Hall–Kier alpha value is -1.16. The highest BCUT2D eigenvalue weighted by atomic mass is 32.2. The van der Waals surface area contributed by atoms with Gasteiger partial charge in [0, 0.05) is 11.8 Å². The number of hydrogen-bond donors (Lipinski definition) is 0. The predicted molar refractivity (Wildman–Crippen MR) is 69.2 cm³/mol. The van der Waals surface area contributed by atoms with Crippen LogP contribution in [-0.4, -0.2) is 25.2 Å². The number of aryl methyl sites for hydroxylation is 2. The molecule has 94 valence electrons. The first-order valence-corrected chi connectivity index (χ1v) is 7.27. The molecule has 0 heterocycles. The minimum absolute atomic E-state index is 0.355. The number of carbonyl (C=O) groups is 1. The van der Waals surface area contributed by atoms with E-state index in [9.17, 15) is 13.2 Å². The van der Waals surface area contributed by atoms with Crippen molar-refractivity contribution in [1.29, 1.82) is 0 Å². The summed E-state index contributed by atoms with van der Waals surface area (Å²) in [6.07, 6.45) is 1.09. The van der Waals surface area contributed by atoms with E-state index in [2.05, 4.69) is 0 Å². The van der Waals surface area contributed by atoms with Gasteiger partial charge in [-0.2, -0.15) is 0 Å². The Balaban J connectivity index is 3.31. The number of carbonyl (C=O) groups excluding carboxylic acids is 1. The van der Waals surface area contributed by atoms with Crippen molar-refractivity contribution in [2.45, 2.75) is 32.4 Å². The molecule has 0 amide bonds. The molecule has 1 aromatic rings. The van der Waals surface area contributed by atoms with Crippen molar-refractivity contribution in [2.24, 2.45) is 0 Å². The average Bonchev–Trinajstić information content (AvgIpc) is 2.13. The summed E-state index contributed by atoms with van der Waals surface area (Å²) in [6.45, 7) is 6.67. The van der Waals surface area contributed by atoms with E-state index in [1.54, 1.807) is 12.1 Å². The van der Waals surface area contributed by atoms with E-state index in [0.717, 1.165) is 17.4 Å². The Kier molecular flexibility index (Phi) is 3.48. The lowest BCUT2D eigenvalue weighted by atomic mass is 9.97. The van der Waals surface area contributed by atoms with E-state index in [-0.39, 0.29) is 5.78 Å². The fourth-order valence-corrected chi connectivity index (χ4v) is 2.08. The van der Waals surface area contributed by atoms with Gasteiger partial charge in [0.25, 0.3) is 0 Å². The van der Waals surface area contributed by atoms with Crippen LogP contribution in [0.4, 0.5) is 0 Å². The van der Waals surface area contributed by atoms with Crippen molar-refractivity contribution in [3.8, 4) is 0 Å². The zero-order valence-electron chi connectivity index (χ0n) is 10.9. The first kappa shape index (κ1) is 13.9. The van der Waals surface area contributed by atoms with E-state index in [4.69, 9.17) is 0 Å². The normalized spacial score (nSPS) is 12.5. The molecule has 0 aromatic heterocycles. The minimum Gasteiger partial charge on any atom is -0.292 e. The molecular formula is C13H18O3S. The first-order chi connectivity index (χ1) is 7.55. The Labute approximate surface area is 103 Å². The van der Waals surface area contributed by atoms with Crippen LogP contribution in [0.15, 0.2) is 18.2 Å². The van der Waals surface area contributed by atoms with Gasteiger partial charge in [-0.05, 0) is 39.8 Å². The molecule has 0 saturated carbocycles. The highest BCUT2D eigenvalue weighted by Gasteiger charge is 2.38. The quantitative estimate of drug-likeness (QED) is 0.778. The Bertz CT molecular complexity index is 534. The van der Waals surface area contributed by atoms with Gasteiger partial charge in [0.15, 0.2) is 15.6 Å². The number of ketones is 1.